The minimum absolute atomic E-state index is 0.0436. The second-order valence-corrected chi connectivity index (χ2v) is 12.1. The molecule has 4 rings (SSSR count). The summed E-state index contributed by atoms with van der Waals surface area (Å²) in [7, 11) is 0. The molecule has 1 aliphatic carbocycles. The average molecular weight is 452 g/mol. The summed E-state index contributed by atoms with van der Waals surface area (Å²) in [6.45, 7) is 13.3. The molecule has 0 fully saturated rings. The number of aryl methyl sites for hydroxylation is 1. The van der Waals surface area contributed by atoms with E-state index in [-0.39, 0.29) is 28.8 Å². The number of rotatable bonds is 3. The average Bonchev–Trinajstić information content (AvgIpc) is 3.07. The van der Waals surface area contributed by atoms with Crippen molar-refractivity contribution < 1.29 is 4.79 Å². The molecule has 5 nitrogen and oxygen atoms in total. The van der Waals surface area contributed by atoms with E-state index in [2.05, 4.69) is 51.8 Å². The van der Waals surface area contributed by atoms with Crippen molar-refractivity contribution >= 4 is 33.1 Å². The molecule has 170 valence electrons. The standard InChI is InChI=1S/C26H33N3O2S/c1-25(2,3)16-7-10-18(11-8-16)28-21(30)14-29-15-27-23-22(24(29)31)19-12-9-17(26(4,5)6)13-20(19)32-23/h7-8,10-11,15,17H,9,12-14H2,1-6H3,(H,28,30). The lowest BCUT2D eigenvalue weighted by Gasteiger charge is -2.33. The van der Waals surface area contributed by atoms with Crippen molar-refractivity contribution in [1.29, 1.82) is 0 Å². The van der Waals surface area contributed by atoms with E-state index in [1.807, 2.05) is 24.3 Å². The molecule has 2 aromatic heterocycles. The molecule has 1 N–H and O–H groups in total. The quantitative estimate of drug-likeness (QED) is 0.568. The molecule has 1 aliphatic rings. The fourth-order valence-corrected chi connectivity index (χ4v) is 5.72. The van der Waals surface area contributed by atoms with Crippen LogP contribution < -0.4 is 10.9 Å². The van der Waals surface area contributed by atoms with E-state index in [0.717, 1.165) is 35.3 Å². The molecule has 6 heteroatoms. The van der Waals surface area contributed by atoms with E-state index in [1.54, 1.807) is 11.3 Å². The summed E-state index contributed by atoms with van der Waals surface area (Å²) in [4.78, 5) is 32.5. The van der Waals surface area contributed by atoms with Crippen molar-refractivity contribution in [3.05, 3.63) is 57.0 Å². The fraction of sp³-hybridized carbons (Fsp3) is 0.500. The third-order valence-electron chi connectivity index (χ3n) is 6.61. The molecule has 0 saturated heterocycles. The molecule has 32 heavy (non-hydrogen) atoms. The number of aromatic nitrogens is 2. The number of amides is 1. The lowest BCUT2D eigenvalue weighted by Crippen LogP contribution is -2.29. The van der Waals surface area contributed by atoms with E-state index in [9.17, 15) is 9.59 Å². The molecule has 0 aliphatic heterocycles. The molecule has 0 saturated carbocycles. The van der Waals surface area contributed by atoms with Crippen LogP contribution in [-0.2, 0) is 29.6 Å². The van der Waals surface area contributed by atoms with Gasteiger partial charge in [-0.15, -0.1) is 11.3 Å². The van der Waals surface area contributed by atoms with Crippen LogP contribution in [0.1, 0.15) is 64.0 Å². The van der Waals surface area contributed by atoms with Gasteiger partial charge < -0.3 is 5.32 Å². The van der Waals surface area contributed by atoms with Crippen molar-refractivity contribution in [1.82, 2.24) is 9.55 Å². The van der Waals surface area contributed by atoms with Crippen LogP contribution in [0.3, 0.4) is 0 Å². The second-order valence-electron chi connectivity index (χ2n) is 11.0. The fourth-order valence-electron chi connectivity index (χ4n) is 4.46. The Balaban J connectivity index is 1.54. The van der Waals surface area contributed by atoms with Gasteiger partial charge in [0.25, 0.3) is 5.56 Å². The predicted molar refractivity (Wildman–Crippen MR) is 133 cm³/mol. The first-order valence-corrected chi connectivity index (χ1v) is 12.2. The van der Waals surface area contributed by atoms with Crippen molar-refractivity contribution in [2.75, 3.05) is 5.32 Å². The monoisotopic (exact) mass is 451 g/mol. The van der Waals surface area contributed by atoms with Crippen LogP contribution >= 0.6 is 11.3 Å². The van der Waals surface area contributed by atoms with E-state index >= 15 is 0 Å². The Labute approximate surface area is 193 Å². The van der Waals surface area contributed by atoms with Crippen LogP contribution in [0, 0.1) is 11.3 Å². The summed E-state index contributed by atoms with van der Waals surface area (Å²) in [5.41, 5.74) is 3.28. The number of benzene rings is 1. The summed E-state index contributed by atoms with van der Waals surface area (Å²) in [6, 6.07) is 7.86. The van der Waals surface area contributed by atoms with E-state index in [4.69, 9.17) is 0 Å². The normalized spacial score (nSPS) is 16.8. The first-order valence-electron chi connectivity index (χ1n) is 11.3. The molecule has 1 unspecified atom stereocenters. The molecular formula is C26H33N3O2S. The highest BCUT2D eigenvalue weighted by atomic mass is 32.1. The van der Waals surface area contributed by atoms with Gasteiger partial charge in [-0.3, -0.25) is 14.2 Å². The smallest absolute Gasteiger partial charge is 0.262 e. The van der Waals surface area contributed by atoms with Crippen molar-refractivity contribution in [3.63, 3.8) is 0 Å². The number of nitrogens with zero attached hydrogens (tertiary/aromatic N) is 2. The zero-order chi connectivity index (χ0) is 23.3. The van der Waals surface area contributed by atoms with E-state index < -0.39 is 0 Å². The molecule has 0 bridgehead atoms. The molecule has 1 amide bonds. The van der Waals surface area contributed by atoms with Crippen molar-refractivity contribution in [2.24, 2.45) is 11.3 Å². The first-order chi connectivity index (χ1) is 14.9. The number of fused-ring (bicyclic) bond motifs is 3. The van der Waals surface area contributed by atoms with Gasteiger partial charge in [-0.05, 0) is 59.3 Å². The number of thiophene rings is 1. The van der Waals surface area contributed by atoms with Gasteiger partial charge in [0.15, 0.2) is 0 Å². The highest BCUT2D eigenvalue weighted by Gasteiger charge is 2.31. The van der Waals surface area contributed by atoms with Gasteiger partial charge in [0.1, 0.15) is 11.4 Å². The van der Waals surface area contributed by atoms with Gasteiger partial charge >= 0.3 is 0 Å². The molecule has 0 spiro atoms. The number of carbonyl (C=O) groups excluding carboxylic acids is 1. The summed E-state index contributed by atoms with van der Waals surface area (Å²) in [6.07, 6.45) is 4.51. The maximum atomic E-state index is 13.2. The third kappa shape index (κ3) is 4.51. The highest BCUT2D eigenvalue weighted by Crippen LogP contribution is 2.41. The topological polar surface area (TPSA) is 64.0 Å². The molecule has 1 aromatic carbocycles. The molecule has 2 heterocycles. The lowest BCUT2D eigenvalue weighted by atomic mass is 9.72. The van der Waals surface area contributed by atoms with Gasteiger partial charge in [-0.1, -0.05) is 53.7 Å². The second kappa shape index (κ2) is 8.14. The zero-order valence-corrected chi connectivity index (χ0v) is 20.7. The first kappa shape index (κ1) is 22.7. The molecular weight excluding hydrogens is 418 g/mol. The highest BCUT2D eigenvalue weighted by molar-refractivity contribution is 7.18. The number of carbonyl (C=O) groups is 1. The van der Waals surface area contributed by atoms with Gasteiger partial charge in [-0.25, -0.2) is 4.98 Å². The largest absolute Gasteiger partial charge is 0.325 e. The van der Waals surface area contributed by atoms with Crippen LogP contribution in [0.25, 0.3) is 10.2 Å². The number of anilines is 1. The number of hydrogen-bond acceptors (Lipinski definition) is 4. The van der Waals surface area contributed by atoms with Crippen molar-refractivity contribution in [3.8, 4) is 0 Å². The molecule has 0 radical (unpaired) electrons. The van der Waals surface area contributed by atoms with Gasteiger partial charge in [0, 0.05) is 10.6 Å². The van der Waals surface area contributed by atoms with Gasteiger partial charge in [-0.2, -0.15) is 0 Å². The van der Waals surface area contributed by atoms with Crippen LogP contribution in [0.4, 0.5) is 5.69 Å². The van der Waals surface area contributed by atoms with Crippen LogP contribution in [0.15, 0.2) is 35.4 Å². The maximum absolute atomic E-state index is 13.2. The van der Waals surface area contributed by atoms with E-state index in [1.165, 1.54) is 21.3 Å². The SMILES string of the molecule is CC(C)(C)c1ccc(NC(=O)Cn2cnc3sc4c(c3c2=O)CCC(C(C)(C)C)C4)cc1. The minimum atomic E-state index is -0.228. The summed E-state index contributed by atoms with van der Waals surface area (Å²) in [5.74, 6) is 0.384. The number of hydrogen-bond donors (Lipinski definition) is 1. The van der Waals surface area contributed by atoms with Crippen LogP contribution in [0.2, 0.25) is 0 Å². The van der Waals surface area contributed by atoms with Gasteiger partial charge in [0.2, 0.25) is 5.91 Å². The minimum Gasteiger partial charge on any atom is -0.325 e. The Bertz CT molecular complexity index is 1210. The Kier molecular flexibility index (Phi) is 5.78. The van der Waals surface area contributed by atoms with Gasteiger partial charge in [0.05, 0.1) is 11.7 Å². The van der Waals surface area contributed by atoms with Crippen LogP contribution in [-0.4, -0.2) is 15.5 Å². The Morgan fingerprint density at radius 2 is 1.84 bits per heavy atom. The summed E-state index contributed by atoms with van der Waals surface area (Å²) < 4.78 is 1.43. The zero-order valence-electron chi connectivity index (χ0n) is 19.9. The summed E-state index contributed by atoms with van der Waals surface area (Å²) in [5, 5.41) is 3.61. The molecule has 3 aromatic rings. The Morgan fingerprint density at radius 3 is 2.47 bits per heavy atom. The maximum Gasteiger partial charge on any atom is 0.262 e. The van der Waals surface area contributed by atoms with Crippen LogP contribution in [0.5, 0.6) is 0 Å². The Hall–Kier alpha value is -2.47. The van der Waals surface area contributed by atoms with Crippen molar-refractivity contribution in [2.45, 2.75) is 72.8 Å². The van der Waals surface area contributed by atoms with E-state index in [0.29, 0.717) is 11.3 Å². The lowest BCUT2D eigenvalue weighted by molar-refractivity contribution is -0.116. The molecule has 1 atom stereocenters. The number of nitrogens with one attached hydrogen (secondary N) is 1. The summed E-state index contributed by atoms with van der Waals surface area (Å²) >= 11 is 1.64. The third-order valence-corrected chi connectivity index (χ3v) is 7.77. The predicted octanol–water partition coefficient (Wildman–Crippen LogP) is 5.55. The Morgan fingerprint density at radius 1 is 1.16 bits per heavy atom.